The molecule has 2 aliphatic rings. The topological polar surface area (TPSA) is 81.2 Å². The molecular formula is C18H23N3O3. The molecule has 2 aliphatic carbocycles. The van der Waals surface area contributed by atoms with Gasteiger partial charge in [-0.3, -0.25) is 4.79 Å². The quantitative estimate of drug-likeness (QED) is 0.869. The number of furan rings is 1. The van der Waals surface area contributed by atoms with E-state index >= 15 is 0 Å². The van der Waals surface area contributed by atoms with E-state index in [1.807, 2.05) is 12.1 Å². The van der Waals surface area contributed by atoms with Crippen LogP contribution >= 0.6 is 0 Å². The number of amides is 1. The normalized spacial score (nSPS) is 25.9. The molecule has 2 aromatic rings. The molecule has 2 fully saturated rings. The van der Waals surface area contributed by atoms with Gasteiger partial charge < -0.3 is 14.3 Å². The Bertz CT molecular complexity index is 699. The first-order valence-corrected chi connectivity index (χ1v) is 8.84. The van der Waals surface area contributed by atoms with Gasteiger partial charge in [-0.05, 0) is 31.4 Å². The van der Waals surface area contributed by atoms with Crippen molar-refractivity contribution in [3.8, 4) is 0 Å². The fourth-order valence-corrected chi connectivity index (χ4v) is 3.86. The second-order valence-electron chi connectivity index (χ2n) is 7.09. The lowest BCUT2D eigenvalue weighted by atomic mass is 9.88. The summed E-state index contributed by atoms with van der Waals surface area (Å²) in [5, 5.41) is 7.43. The molecule has 24 heavy (non-hydrogen) atoms. The maximum Gasteiger partial charge on any atom is 0.224 e. The maximum atomic E-state index is 12.8. The van der Waals surface area contributed by atoms with Gasteiger partial charge in [0.2, 0.25) is 11.8 Å². The fraction of sp³-hybridized carbons (Fsp3) is 0.611. The highest BCUT2D eigenvalue weighted by atomic mass is 16.5. The molecule has 2 aromatic heterocycles. The average molecular weight is 329 g/mol. The molecule has 6 nitrogen and oxygen atoms in total. The second-order valence-corrected chi connectivity index (χ2v) is 7.09. The highest BCUT2D eigenvalue weighted by molar-refractivity contribution is 5.83. The number of aryl methyl sites for hydroxylation is 1. The molecule has 1 amide bonds. The summed E-state index contributed by atoms with van der Waals surface area (Å²) in [4.78, 5) is 17.3. The minimum absolute atomic E-state index is 0.00993. The van der Waals surface area contributed by atoms with E-state index in [9.17, 15) is 4.79 Å². The van der Waals surface area contributed by atoms with Crippen LogP contribution in [0, 0.1) is 12.8 Å². The molecule has 2 atom stereocenters. The Kier molecular flexibility index (Phi) is 3.90. The Balaban J connectivity index is 1.53. The van der Waals surface area contributed by atoms with Crippen LogP contribution in [0.4, 0.5) is 0 Å². The zero-order chi connectivity index (χ0) is 16.6. The maximum absolute atomic E-state index is 12.8. The summed E-state index contributed by atoms with van der Waals surface area (Å²) >= 11 is 0. The van der Waals surface area contributed by atoms with Crippen molar-refractivity contribution in [2.75, 3.05) is 0 Å². The van der Waals surface area contributed by atoms with Crippen LogP contribution in [0.5, 0.6) is 0 Å². The van der Waals surface area contributed by atoms with Gasteiger partial charge >= 0.3 is 0 Å². The van der Waals surface area contributed by atoms with E-state index in [0.717, 1.165) is 37.9 Å². The van der Waals surface area contributed by atoms with Gasteiger partial charge in [-0.15, -0.1) is 0 Å². The van der Waals surface area contributed by atoms with Gasteiger partial charge in [-0.2, -0.15) is 4.98 Å². The summed E-state index contributed by atoms with van der Waals surface area (Å²) < 4.78 is 10.6. The van der Waals surface area contributed by atoms with Crippen LogP contribution in [0.25, 0.3) is 0 Å². The Morgan fingerprint density at radius 2 is 2.08 bits per heavy atom. The molecule has 2 unspecified atom stereocenters. The standard InChI is InChI=1S/C18H23N3O3/c1-12-19-17(21-24-12)18(8-4-2-3-5-9-18)20-16(22)14-11-13(14)15-7-6-10-23-15/h6-7,10,13-14H,2-5,8-9,11H2,1H3,(H,20,22). The summed E-state index contributed by atoms with van der Waals surface area (Å²) in [6.07, 6.45) is 8.77. The van der Waals surface area contributed by atoms with Gasteiger partial charge in [-0.25, -0.2) is 0 Å². The Morgan fingerprint density at radius 1 is 1.29 bits per heavy atom. The third kappa shape index (κ3) is 2.85. The minimum Gasteiger partial charge on any atom is -0.469 e. The number of hydrogen-bond donors (Lipinski definition) is 1. The summed E-state index contributed by atoms with van der Waals surface area (Å²) in [5.41, 5.74) is -0.484. The molecule has 4 rings (SSSR count). The number of nitrogens with one attached hydrogen (secondary N) is 1. The highest BCUT2D eigenvalue weighted by Gasteiger charge is 2.49. The summed E-state index contributed by atoms with van der Waals surface area (Å²) in [6, 6.07) is 3.82. The van der Waals surface area contributed by atoms with Gasteiger partial charge in [0, 0.05) is 18.8 Å². The zero-order valence-electron chi connectivity index (χ0n) is 14.0. The van der Waals surface area contributed by atoms with E-state index < -0.39 is 5.54 Å². The zero-order valence-corrected chi connectivity index (χ0v) is 14.0. The summed E-state index contributed by atoms with van der Waals surface area (Å²) in [5.74, 6) is 2.36. The molecule has 6 heteroatoms. The molecular weight excluding hydrogens is 306 g/mol. The lowest BCUT2D eigenvalue weighted by Crippen LogP contribution is -2.47. The largest absolute Gasteiger partial charge is 0.469 e. The van der Waals surface area contributed by atoms with Gasteiger partial charge in [0.25, 0.3) is 0 Å². The second kappa shape index (κ2) is 6.07. The van der Waals surface area contributed by atoms with Crippen LogP contribution in [-0.4, -0.2) is 16.0 Å². The van der Waals surface area contributed by atoms with E-state index in [4.69, 9.17) is 8.94 Å². The Morgan fingerprint density at radius 3 is 2.71 bits per heavy atom. The lowest BCUT2D eigenvalue weighted by molar-refractivity contribution is -0.124. The molecule has 1 N–H and O–H groups in total. The molecule has 0 aromatic carbocycles. The molecule has 2 saturated carbocycles. The van der Waals surface area contributed by atoms with Gasteiger partial charge in [0.15, 0.2) is 5.82 Å². The van der Waals surface area contributed by atoms with Crippen molar-refractivity contribution < 1.29 is 13.7 Å². The first kappa shape index (κ1) is 15.4. The van der Waals surface area contributed by atoms with E-state index in [-0.39, 0.29) is 17.7 Å². The fourth-order valence-electron chi connectivity index (χ4n) is 3.86. The first-order valence-electron chi connectivity index (χ1n) is 8.84. The average Bonchev–Trinajstić information content (AvgIpc) is 3.06. The molecule has 0 radical (unpaired) electrons. The van der Waals surface area contributed by atoms with Crippen LogP contribution in [0.2, 0.25) is 0 Å². The van der Waals surface area contributed by atoms with E-state index in [2.05, 4.69) is 15.5 Å². The third-order valence-corrected chi connectivity index (χ3v) is 5.31. The molecule has 0 aliphatic heterocycles. The van der Waals surface area contributed by atoms with Gasteiger partial charge in [-0.1, -0.05) is 30.8 Å². The number of aromatic nitrogens is 2. The highest BCUT2D eigenvalue weighted by Crippen LogP contribution is 2.48. The van der Waals surface area contributed by atoms with Gasteiger partial charge in [0.1, 0.15) is 11.3 Å². The number of carbonyl (C=O) groups is 1. The minimum atomic E-state index is -0.484. The van der Waals surface area contributed by atoms with E-state index in [0.29, 0.717) is 11.7 Å². The summed E-state index contributed by atoms with van der Waals surface area (Å²) in [7, 11) is 0. The van der Waals surface area contributed by atoms with Crippen molar-refractivity contribution in [1.29, 1.82) is 0 Å². The van der Waals surface area contributed by atoms with Crippen LogP contribution in [0.1, 0.15) is 68.3 Å². The monoisotopic (exact) mass is 329 g/mol. The number of carbonyl (C=O) groups excluding carboxylic acids is 1. The predicted octanol–water partition coefficient (Wildman–Crippen LogP) is 3.44. The van der Waals surface area contributed by atoms with Crippen LogP contribution in [0.3, 0.4) is 0 Å². The van der Waals surface area contributed by atoms with Crippen LogP contribution in [0.15, 0.2) is 27.3 Å². The molecule has 0 bridgehead atoms. The predicted molar refractivity (Wildman–Crippen MR) is 86.1 cm³/mol. The van der Waals surface area contributed by atoms with Crippen LogP contribution in [-0.2, 0) is 10.3 Å². The van der Waals surface area contributed by atoms with Crippen LogP contribution < -0.4 is 5.32 Å². The third-order valence-electron chi connectivity index (χ3n) is 5.31. The number of hydrogen-bond acceptors (Lipinski definition) is 5. The number of rotatable bonds is 4. The molecule has 128 valence electrons. The van der Waals surface area contributed by atoms with Gasteiger partial charge in [0.05, 0.1) is 6.26 Å². The summed E-state index contributed by atoms with van der Waals surface area (Å²) in [6.45, 7) is 1.79. The van der Waals surface area contributed by atoms with Crippen molar-refractivity contribution in [2.24, 2.45) is 5.92 Å². The van der Waals surface area contributed by atoms with E-state index in [1.165, 1.54) is 12.8 Å². The molecule has 2 heterocycles. The molecule has 0 saturated heterocycles. The SMILES string of the molecule is Cc1nc(C2(NC(=O)C3CC3c3ccco3)CCCCCC2)no1. The van der Waals surface area contributed by atoms with Crippen molar-refractivity contribution in [3.63, 3.8) is 0 Å². The van der Waals surface area contributed by atoms with Crippen molar-refractivity contribution >= 4 is 5.91 Å². The lowest BCUT2D eigenvalue weighted by Gasteiger charge is -2.30. The number of nitrogens with zero attached hydrogens (tertiary/aromatic N) is 2. The first-order chi connectivity index (χ1) is 11.7. The van der Waals surface area contributed by atoms with Crippen molar-refractivity contribution in [2.45, 2.75) is 63.3 Å². The smallest absolute Gasteiger partial charge is 0.224 e. The Labute approximate surface area is 141 Å². The van der Waals surface area contributed by atoms with Crippen molar-refractivity contribution in [1.82, 2.24) is 15.5 Å². The van der Waals surface area contributed by atoms with E-state index in [1.54, 1.807) is 13.2 Å². The molecule has 0 spiro atoms. The van der Waals surface area contributed by atoms with Crippen molar-refractivity contribution in [3.05, 3.63) is 35.9 Å². The Hall–Kier alpha value is -2.11.